The van der Waals surface area contributed by atoms with E-state index in [9.17, 15) is 4.79 Å². The molecule has 2 rings (SSSR count). The quantitative estimate of drug-likeness (QED) is 0.857. The lowest BCUT2D eigenvalue weighted by Gasteiger charge is -2.37. The molecule has 1 aromatic carbocycles. The van der Waals surface area contributed by atoms with E-state index >= 15 is 0 Å². The lowest BCUT2D eigenvalue weighted by molar-refractivity contribution is -0.207. The normalized spacial score (nSPS) is 19.2. The zero-order valence-electron chi connectivity index (χ0n) is 13.5. The molecule has 1 aliphatic heterocycles. The molecular formula is C17H26N2O2. The molecule has 1 fully saturated rings. The van der Waals surface area contributed by atoms with E-state index in [-0.39, 0.29) is 5.97 Å². The smallest absolute Gasteiger partial charge is 0.330 e. The lowest BCUT2D eigenvalue weighted by atomic mass is 9.98. The second-order valence-corrected chi connectivity index (χ2v) is 6.68. The average Bonchev–Trinajstić information content (AvgIpc) is 2.47. The second-order valence-electron chi connectivity index (χ2n) is 6.68. The van der Waals surface area contributed by atoms with Gasteiger partial charge in [0.1, 0.15) is 0 Å². The van der Waals surface area contributed by atoms with E-state index in [4.69, 9.17) is 4.84 Å². The average molecular weight is 290 g/mol. The van der Waals surface area contributed by atoms with Crippen LogP contribution in [0.25, 0.3) is 0 Å². The van der Waals surface area contributed by atoms with Crippen LogP contribution in [0.5, 0.6) is 0 Å². The first-order valence-corrected chi connectivity index (χ1v) is 7.64. The van der Waals surface area contributed by atoms with Crippen molar-refractivity contribution in [1.82, 2.24) is 9.96 Å². The zero-order valence-corrected chi connectivity index (χ0v) is 13.5. The van der Waals surface area contributed by atoms with Crippen LogP contribution in [0.3, 0.4) is 0 Å². The van der Waals surface area contributed by atoms with E-state index in [1.54, 1.807) is 5.06 Å². The van der Waals surface area contributed by atoms with Crippen LogP contribution in [-0.4, -0.2) is 42.1 Å². The van der Waals surface area contributed by atoms with Gasteiger partial charge in [-0.05, 0) is 33.3 Å². The van der Waals surface area contributed by atoms with Gasteiger partial charge in [0.05, 0.1) is 5.41 Å². The number of benzene rings is 1. The highest BCUT2D eigenvalue weighted by molar-refractivity contribution is 5.75. The van der Waals surface area contributed by atoms with E-state index < -0.39 is 5.41 Å². The van der Waals surface area contributed by atoms with Crippen LogP contribution in [-0.2, 0) is 9.63 Å². The molecule has 1 unspecified atom stereocenters. The molecule has 0 saturated carbocycles. The van der Waals surface area contributed by atoms with Gasteiger partial charge in [-0.1, -0.05) is 30.3 Å². The molecule has 0 bridgehead atoms. The minimum Gasteiger partial charge on any atom is -0.367 e. The number of piperazine rings is 1. The first kappa shape index (κ1) is 16.0. The first-order valence-electron chi connectivity index (χ1n) is 7.64. The van der Waals surface area contributed by atoms with Crippen molar-refractivity contribution in [1.29, 1.82) is 0 Å². The molecule has 1 saturated heterocycles. The van der Waals surface area contributed by atoms with Gasteiger partial charge in [-0.25, -0.2) is 4.79 Å². The van der Waals surface area contributed by atoms with Crippen molar-refractivity contribution in [3.8, 4) is 0 Å². The number of hydroxylamine groups is 2. The van der Waals surface area contributed by atoms with Gasteiger partial charge < -0.3 is 4.84 Å². The summed E-state index contributed by atoms with van der Waals surface area (Å²) in [5.41, 5.74) is 0.881. The molecule has 0 radical (unpaired) electrons. The molecule has 0 aromatic heterocycles. The summed E-state index contributed by atoms with van der Waals surface area (Å²) < 4.78 is 0. The monoisotopic (exact) mass is 290 g/mol. The van der Waals surface area contributed by atoms with Gasteiger partial charge in [0.2, 0.25) is 0 Å². The van der Waals surface area contributed by atoms with Crippen molar-refractivity contribution in [3.63, 3.8) is 0 Å². The summed E-state index contributed by atoms with van der Waals surface area (Å²) in [6, 6.07) is 10.9. The van der Waals surface area contributed by atoms with Gasteiger partial charge in [-0.15, -0.1) is 5.06 Å². The Bertz CT molecular complexity index is 459. The fraction of sp³-hybridized carbons (Fsp3) is 0.588. The molecule has 21 heavy (non-hydrogen) atoms. The minimum absolute atomic E-state index is 0.160. The van der Waals surface area contributed by atoms with Crippen LogP contribution in [0, 0.1) is 5.41 Å². The highest BCUT2D eigenvalue weighted by atomic mass is 16.7. The van der Waals surface area contributed by atoms with Gasteiger partial charge in [0.25, 0.3) is 0 Å². The number of rotatable bonds is 3. The van der Waals surface area contributed by atoms with Crippen molar-refractivity contribution < 1.29 is 9.63 Å². The first-order chi connectivity index (χ1) is 9.88. The van der Waals surface area contributed by atoms with Crippen LogP contribution in [0.4, 0.5) is 0 Å². The third kappa shape index (κ3) is 4.29. The Hall–Kier alpha value is -1.39. The molecule has 0 aliphatic carbocycles. The fourth-order valence-electron chi connectivity index (χ4n) is 2.38. The third-order valence-corrected chi connectivity index (χ3v) is 3.93. The van der Waals surface area contributed by atoms with Crippen LogP contribution < -0.4 is 0 Å². The zero-order chi connectivity index (χ0) is 15.5. The number of carbonyl (C=O) groups is 1. The Morgan fingerprint density at radius 1 is 1.10 bits per heavy atom. The van der Waals surface area contributed by atoms with Crippen molar-refractivity contribution in [2.75, 3.05) is 26.2 Å². The van der Waals surface area contributed by atoms with Crippen LogP contribution in [0.15, 0.2) is 30.3 Å². The standard InChI is InChI=1S/C17H26N2O2/c1-14(15-8-6-5-7-9-15)18-10-12-19(13-11-18)21-16(20)17(2,3)4/h5-9,14H,10-13H2,1-4H3. The fourth-order valence-corrected chi connectivity index (χ4v) is 2.38. The van der Waals surface area contributed by atoms with E-state index in [0.717, 1.165) is 26.2 Å². The lowest BCUT2D eigenvalue weighted by Crippen LogP contribution is -2.48. The predicted octanol–water partition coefficient (Wildman–Crippen LogP) is 2.87. The number of carbonyl (C=O) groups excluding carboxylic acids is 1. The Morgan fingerprint density at radius 2 is 1.67 bits per heavy atom. The molecule has 1 aromatic rings. The minimum atomic E-state index is -0.450. The maximum absolute atomic E-state index is 11.9. The van der Waals surface area contributed by atoms with Gasteiger partial charge in [-0.2, -0.15) is 0 Å². The summed E-state index contributed by atoms with van der Waals surface area (Å²) in [6.45, 7) is 11.2. The number of hydrogen-bond acceptors (Lipinski definition) is 4. The molecule has 4 heteroatoms. The Balaban J connectivity index is 1.85. The molecular weight excluding hydrogens is 264 g/mol. The highest BCUT2D eigenvalue weighted by Crippen LogP contribution is 2.22. The van der Waals surface area contributed by atoms with Crippen LogP contribution in [0.1, 0.15) is 39.3 Å². The summed E-state index contributed by atoms with van der Waals surface area (Å²) in [6.07, 6.45) is 0. The van der Waals surface area contributed by atoms with Gasteiger partial charge >= 0.3 is 5.97 Å². The molecule has 4 nitrogen and oxygen atoms in total. The Morgan fingerprint density at radius 3 is 2.19 bits per heavy atom. The summed E-state index contributed by atoms with van der Waals surface area (Å²) in [7, 11) is 0. The van der Waals surface area contributed by atoms with Crippen molar-refractivity contribution in [2.24, 2.45) is 5.41 Å². The van der Waals surface area contributed by atoms with Crippen molar-refractivity contribution in [3.05, 3.63) is 35.9 Å². The third-order valence-electron chi connectivity index (χ3n) is 3.93. The van der Waals surface area contributed by atoms with Crippen LogP contribution in [0.2, 0.25) is 0 Å². The molecule has 0 amide bonds. The van der Waals surface area contributed by atoms with Gasteiger partial charge in [0.15, 0.2) is 0 Å². The maximum atomic E-state index is 11.9. The van der Waals surface area contributed by atoms with Gasteiger partial charge in [0, 0.05) is 32.2 Å². The molecule has 1 aliphatic rings. The van der Waals surface area contributed by atoms with E-state index in [1.165, 1.54) is 5.56 Å². The molecule has 0 spiro atoms. The summed E-state index contributed by atoms with van der Waals surface area (Å²) in [4.78, 5) is 19.8. The molecule has 0 N–H and O–H groups in total. The Labute approximate surface area is 127 Å². The second kappa shape index (κ2) is 6.58. The summed E-state index contributed by atoms with van der Waals surface area (Å²) in [5.74, 6) is -0.160. The maximum Gasteiger partial charge on any atom is 0.330 e. The number of nitrogens with zero attached hydrogens (tertiary/aromatic N) is 2. The number of hydrogen-bond donors (Lipinski definition) is 0. The van der Waals surface area contributed by atoms with Crippen LogP contribution >= 0.6 is 0 Å². The predicted molar refractivity (Wildman–Crippen MR) is 83.6 cm³/mol. The van der Waals surface area contributed by atoms with Gasteiger partial charge in [-0.3, -0.25) is 4.90 Å². The van der Waals surface area contributed by atoms with E-state index in [2.05, 4.69) is 36.1 Å². The topological polar surface area (TPSA) is 32.8 Å². The van der Waals surface area contributed by atoms with E-state index in [1.807, 2.05) is 26.8 Å². The SMILES string of the molecule is CC(c1ccccc1)N1CCN(OC(=O)C(C)(C)C)CC1. The molecule has 1 heterocycles. The highest BCUT2D eigenvalue weighted by Gasteiger charge is 2.28. The summed E-state index contributed by atoms with van der Waals surface area (Å²) in [5, 5.41) is 1.79. The summed E-state index contributed by atoms with van der Waals surface area (Å²) >= 11 is 0. The molecule has 116 valence electrons. The van der Waals surface area contributed by atoms with Crippen molar-refractivity contribution in [2.45, 2.75) is 33.7 Å². The molecule has 1 atom stereocenters. The van der Waals surface area contributed by atoms with E-state index in [0.29, 0.717) is 6.04 Å². The Kier molecular flexibility index (Phi) is 5.01. The largest absolute Gasteiger partial charge is 0.367 e. The van der Waals surface area contributed by atoms with Crippen molar-refractivity contribution >= 4 is 5.97 Å².